The van der Waals surface area contributed by atoms with Gasteiger partial charge in [-0.15, -0.1) is 0 Å². The second-order valence-electron chi connectivity index (χ2n) is 3.06. The molecule has 3 nitrogen and oxygen atoms in total. The molecule has 1 aliphatic heterocycles. The zero-order valence-corrected chi connectivity index (χ0v) is 7.40. The molecule has 13 heavy (non-hydrogen) atoms. The molecule has 0 aromatic heterocycles. The number of ether oxygens (including phenoxy) is 2. The van der Waals surface area contributed by atoms with Crippen molar-refractivity contribution in [2.24, 2.45) is 0 Å². The van der Waals surface area contributed by atoms with E-state index in [2.05, 4.69) is 0 Å². The standard InChI is InChI=1S/C10H13NO2/c11-9-4-2-1-3-8(9)10-7-12-5-6-13-10/h1-4,10H,5-7,11H2. The summed E-state index contributed by atoms with van der Waals surface area (Å²) in [4.78, 5) is 0. The highest BCUT2D eigenvalue weighted by atomic mass is 16.6. The lowest BCUT2D eigenvalue weighted by atomic mass is 10.1. The van der Waals surface area contributed by atoms with Crippen LogP contribution in [0.4, 0.5) is 5.69 Å². The van der Waals surface area contributed by atoms with E-state index in [1.165, 1.54) is 0 Å². The van der Waals surface area contributed by atoms with Gasteiger partial charge in [0.25, 0.3) is 0 Å². The van der Waals surface area contributed by atoms with Crippen molar-refractivity contribution in [1.29, 1.82) is 0 Å². The number of hydrogen-bond donors (Lipinski definition) is 1. The Bertz CT molecular complexity index is 282. The maximum absolute atomic E-state index is 5.82. The summed E-state index contributed by atoms with van der Waals surface area (Å²) in [6.45, 7) is 1.94. The molecular weight excluding hydrogens is 166 g/mol. The molecular formula is C10H13NO2. The molecule has 1 aromatic rings. The van der Waals surface area contributed by atoms with Crippen molar-refractivity contribution in [3.63, 3.8) is 0 Å². The molecule has 1 atom stereocenters. The van der Waals surface area contributed by atoms with Gasteiger partial charge in [0.05, 0.1) is 19.8 Å². The number of nitrogens with two attached hydrogens (primary N) is 1. The summed E-state index contributed by atoms with van der Waals surface area (Å²) >= 11 is 0. The van der Waals surface area contributed by atoms with Crippen molar-refractivity contribution in [3.8, 4) is 0 Å². The Morgan fingerprint density at radius 3 is 2.77 bits per heavy atom. The van der Waals surface area contributed by atoms with E-state index in [1.807, 2.05) is 24.3 Å². The highest BCUT2D eigenvalue weighted by Gasteiger charge is 2.17. The van der Waals surface area contributed by atoms with Crippen LogP contribution in [0.25, 0.3) is 0 Å². The molecule has 0 saturated carbocycles. The van der Waals surface area contributed by atoms with Gasteiger partial charge in [-0.05, 0) is 6.07 Å². The van der Waals surface area contributed by atoms with Crippen LogP contribution in [0.2, 0.25) is 0 Å². The van der Waals surface area contributed by atoms with E-state index in [4.69, 9.17) is 15.2 Å². The molecule has 1 unspecified atom stereocenters. The third-order valence-electron chi connectivity index (χ3n) is 2.16. The van der Waals surface area contributed by atoms with Crippen molar-refractivity contribution >= 4 is 5.69 Å². The van der Waals surface area contributed by atoms with E-state index in [0.29, 0.717) is 19.8 Å². The lowest BCUT2D eigenvalue weighted by Gasteiger charge is -2.24. The van der Waals surface area contributed by atoms with Gasteiger partial charge >= 0.3 is 0 Å². The maximum atomic E-state index is 5.82. The number of anilines is 1. The van der Waals surface area contributed by atoms with Crippen LogP contribution in [0.15, 0.2) is 24.3 Å². The minimum Gasteiger partial charge on any atom is -0.398 e. The van der Waals surface area contributed by atoms with Gasteiger partial charge in [-0.25, -0.2) is 0 Å². The van der Waals surface area contributed by atoms with Crippen LogP contribution in [0.1, 0.15) is 11.7 Å². The van der Waals surface area contributed by atoms with Crippen LogP contribution in [-0.4, -0.2) is 19.8 Å². The topological polar surface area (TPSA) is 44.5 Å². The summed E-state index contributed by atoms with van der Waals surface area (Å²) in [5, 5.41) is 0. The summed E-state index contributed by atoms with van der Waals surface area (Å²) in [6.07, 6.45) is 0.00921. The highest BCUT2D eigenvalue weighted by Crippen LogP contribution is 2.25. The minimum atomic E-state index is 0.00921. The van der Waals surface area contributed by atoms with Gasteiger partial charge in [0.1, 0.15) is 6.10 Å². The Balaban J connectivity index is 2.18. The van der Waals surface area contributed by atoms with Gasteiger partial charge in [0.15, 0.2) is 0 Å². The molecule has 2 N–H and O–H groups in total. The Morgan fingerprint density at radius 2 is 2.08 bits per heavy atom. The van der Waals surface area contributed by atoms with Crippen LogP contribution in [0, 0.1) is 0 Å². The summed E-state index contributed by atoms with van der Waals surface area (Å²) in [7, 11) is 0. The summed E-state index contributed by atoms with van der Waals surface area (Å²) < 4.78 is 10.9. The maximum Gasteiger partial charge on any atom is 0.108 e. The molecule has 1 aromatic carbocycles. The van der Waals surface area contributed by atoms with Crippen LogP contribution < -0.4 is 5.73 Å². The molecule has 0 aliphatic carbocycles. The van der Waals surface area contributed by atoms with Crippen LogP contribution in [0.5, 0.6) is 0 Å². The van der Waals surface area contributed by atoms with Crippen molar-refractivity contribution in [3.05, 3.63) is 29.8 Å². The first-order chi connectivity index (χ1) is 6.38. The van der Waals surface area contributed by atoms with Crippen LogP contribution in [0.3, 0.4) is 0 Å². The smallest absolute Gasteiger partial charge is 0.108 e. The molecule has 70 valence electrons. The zero-order chi connectivity index (χ0) is 9.10. The largest absolute Gasteiger partial charge is 0.398 e. The van der Waals surface area contributed by atoms with Gasteiger partial charge in [-0.2, -0.15) is 0 Å². The van der Waals surface area contributed by atoms with Crippen LogP contribution in [-0.2, 0) is 9.47 Å². The average Bonchev–Trinajstić information content (AvgIpc) is 2.20. The lowest BCUT2D eigenvalue weighted by molar-refractivity contribution is -0.0898. The second-order valence-corrected chi connectivity index (χ2v) is 3.06. The number of benzene rings is 1. The summed E-state index contributed by atoms with van der Waals surface area (Å²) in [5.41, 5.74) is 7.62. The third-order valence-corrected chi connectivity index (χ3v) is 2.16. The third kappa shape index (κ3) is 1.82. The van der Waals surface area contributed by atoms with Gasteiger partial charge < -0.3 is 15.2 Å². The Labute approximate surface area is 77.5 Å². The second kappa shape index (κ2) is 3.77. The minimum absolute atomic E-state index is 0.00921. The first kappa shape index (κ1) is 8.53. The van der Waals surface area contributed by atoms with E-state index in [-0.39, 0.29) is 6.10 Å². The Morgan fingerprint density at radius 1 is 1.23 bits per heavy atom. The summed E-state index contributed by atoms with van der Waals surface area (Å²) in [6, 6.07) is 7.74. The first-order valence-corrected chi connectivity index (χ1v) is 4.41. The molecule has 2 rings (SSSR count). The molecule has 1 heterocycles. The fraction of sp³-hybridized carbons (Fsp3) is 0.400. The fourth-order valence-corrected chi connectivity index (χ4v) is 1.47. The SMILES string of the molecule is Nc1ccccc1C1COCCO1. The number of nitrogen functional groups attached to an aromatic ring is 1. The first-order valence-electron chi connectivity index (χ1n) is 4.41. The van der Waals surface area contributed by atoms with Crippen molar-refractivity contribution in [2.75, 3.05) is 25.6 Å². The molecule has 0 bridgehead atoms. The summed E-state index contributed by atoms with van der Waals surface area (Å²) in [5.74, 6) is 0. The monoisotopic (exact) mass is 179 g/mol. The average molecular weight is 179 g/mol. The lowest BCUT2D eigenvalue weighted by Crippen LogP contribution is -2.22. The van der Waals surface area contributed by atoms with Gasteiger partial charge in [-0.3, -0.25) is 0 Å². The Hall–Kier alpha value is -1.06. The van der Waals surface area contributed by atoms with E-state index in [0.717, 1.165) is 11.3 Å². The molecule has 0 spiro atoms. The number of hydrogen-bond acceptors (Lipinski definition) is 3. The fourth-order valence-electron chi connectivity index (χ4n) is 1.47. The predicted molar refractivity (Wildman–Crippen MR) is 50.4 cm³/mol. The molecule has 1 aliphatic rings. The molecule has 3 heteroatoms. The zero-order valence-electron chi connectivity index (χ0n) is 7.40. The number of rotatable bonds is 1. The van der Waals surface area contributed by atoms with Crippen molar-refractivity contribution < 1.29 is 9.47 Å². The normalized spacial score (nSPS) is 22.9. The quantitative estimate of drug-likeness (QED) is 0.662. The molecule has 1 fully saturated rings. The highest BCUT2D eigenvalue weighted by molar-refractivity contribution is 5.47. The molecule has 0 radical (unpaired) electrons. The molecule has 1 saturated heterocycles. The predicted octanol–water partition coefficient (Wildman–Crippen LogP) is 1.36. The Kier molecular flexibility index (Phi) is 2.47. The van der Waals surface area contributed by atoms with E-state index >= 15 is 0 Å². The number of para-hydroxylation sites is 1. The van der Waals surface area contributed by atoms with E-state index in [1.54, 1.807) is 0 Å². The van der Waals surface area contributed by atoms with Gasteiger partial charge in [0, 0.05) is 11.3 Å². The van der Waals surface area contributed by atoms with Gasteiger partial charge in [0.2, 0.25) is 0 Å². The van der Waals surface area contributed by atoms with Gasteiger partial charge in [-0.1, -0.05) is 18.2 Å². The molecule has 0 amide bonds. The van der Waals surface area contributed by atoms with E-state index in [9.17, 15) is 0 Å². The van der Waals surface area contributed by atoms with E-state index < -0.39 is 0 Å². The van der Waals surface area contributed by atoms with Crippen LogP contribution >= 0.6 is 0 Å². The van der Waals surface area contributed by atoms with Crippen molar-refractivity contribution in [1.82, 2.24) is 0 Å². The van der Waals surface area contributed by atoms with Crippen molar-refractivity contribution in [2.45, 2.75) is 6.10 Å².